The molecule has 1 aromatic heterocycles. The van der Waals surface area contributed by atoms with Gasteiger partial charge in [0.1, 0.15) is 5.75 Å². The zero-order valence-electron chi connectivity index (χ0n) is 16.6. The van der Waals surface area contributed by atoms with Crippen molar-refractivity contribution in [3.8, 4) is 5.75 Å². The lowest BCUT2D eigenvalue weighted by molar-refractivity contribution is 0.395. The number of aromatic nitrogens is 2. The molecule has 7 heteroatoms. The molecule has 0 spiro atoms. The molecular weight excluding hydrogens is 404 g/mol. The summed E-state index contributed by atoms with van der Waals surface area (Å²) in [4.78, 5) is 6.29. The Bertz CT molecular complexity index is 946. The third-order valence-corrected chi connectivity index (χ3v) is 5.37. The summed E-state index contributed by atoms with van der Waals surface area (Å²) in [6.45, 7) is 4.58. The highest BCUT2D eigenvalue weighted by atomic mass is 35.5. The Hall–Kier alpha value is -2.57. The molecule has 0 saturated heterocycles. The number of anilines is 1. The van der Waals surface area contributed by atoms with Gasteiger partial charge in [0.2, 0.25) is 0 Å². The molecule has 0 unspecified atom stereocenters. The van der Waals surface area contributed by atoms with Crippen LogP contribution in [-0.4, -0.2) is 33.2 Å². The molecule has 0 fully saturated rings. The highest BCUT2D eigenvalue weighted by molar-refractivity contribution is 7.80. The van der Waals surface area contributed by atoms with Gasteiger partial charge in [-0.2, -0.15) is 0 Å². The van der Waals surface area contributed by atoms with E-state index in [0.717, 1.165) is 31.7 Å². The van der Waals surface area contributed by atoms with E-state index in [9.17, 15) is 0 Å². The molecule has 0 aliphatic carbocycles. The van der Waals surface area contributed by atoms with Gasteiger partial charge in [0.25, 0.3) is 0 Å². The molecule has 0 atom stereocenters. The number of nitrogens with one attached hydrogen (secondary N) is 1. The molecule has 29 heavy (non-hydrogen) atoms. The van der Waals surface area contributed by atoms with Crippen LogP contribution in [0.2, 0.25) is 5.02 Å². The standard InChI is InChI=1S/C22H25ClN4OS/c1-17-6-3-4-7-18(17)15-27(12-5-11-26-13-10-24-16-26)22(29)25-19-8-9-21(28-2)20(23)14-19/h3-4,6-10,13-14,16H,5,11-12,15H2,1-2H3,(H,25,29). The molecule has 0 radical (unpaired) electrons. The summed E-state index contributed by atoms with van der Waals surface area (Å²) in [7, 11) is 1.60. The lowest BCUT2D eigenvalue weighted by Crippen LogP contribution is -2.35. The van der Waals surface area contributed by atoms with Gasteiger partial charge in [0, 0.05) is 37.7 Å². The predicted octanol–water partition coefficient (Wildman–Crippen LogP) is 5.14. The molecule has 3 aromatic rings. The summed E-state index contributed by atoms with van der Waals surface area (Å²) in [6, 6.07) is 13.9. The van der Waals surface area contributed by atoms with E-state index >= 15 is 0 Å². The van der Waals surface area contributed by atoms with Crippen LogP contribution in [-0.2, 0) is 13.1 Å². The zero-order chi connectivity index (χ0) is 20.6. The number of rotatable bonds is 8. The largest absolute Gasteiger partial charge is 0.495 e. The van der Waals surface area contributed by atoms with Crippen molar-refractivity contribution in [1.29, 1.82) is 0 Å². The van der Waals surface area contributed by atoms with Crippen LogP contribution in [0.3, 0.4) is 0 Å². The SMILES string of the molecule is COc1ccc(NC(=S)N(CCCn2ccnc2)Cc2ccccc2C)cc1Cl. The van der Waals surface area contributed by atoms with Gasteiger partial charge in [-0.05, 0) is 54.9 Å². The van der Waals surface area contributed by atoms with E-state index in [1.54, 1.807) is 13.3 Å². The number of hydrogen-bond donors (Lipinski definition) is 1. The molecule has 2 aromatic carbocycles. The number of imidazole rings is 1. The molecule has 5 nitrogen and oxygen atoms in total. The molecule has 1 heterocycles. The van der Waals surface area contributed by atoms with Gasteiger partial charge in [-0.3, -0.25) is 0 Å². The maximum absolute atomic E-state index is 6.25. The van der Waals surface area contributed by atoms with E-state index in [1.807, 2.05) is 30.7 Å². The van der Waals surface area contributed by atoms with Crippen molar-refractivity contribution < 1.29 is 4.74 Å². The average Bonchev–Trinajstić information content (AvgIpc) is 3.22. The Morgan fingerprint density at radius 3 is 2.79 bits per heavy atom. The van der Waals surface area contributed by atoms with Gasteiger partial charge < -0.3 is 19.5 Å². The van der Waals surface area contributed by atoms with Crippen molar-refractivity contribution in [3.63, 3.8) is 0 Å². The maximum atomic E-state index is 6.25. The van der Waals surface area contributed by atoms with E-state index < -0.39 is 0 Å². The monoisotopic (exact) mass is 428 g/mol. The summed E-state index contributed by atoms with van der Waals surface area (Å²) in [5.74, 6) is 0.639. The van der Waals surface area contributed by atoms with Crippen molar-refractivity contribution in [3.05, 3.63) is 77.3 Å². The number of halogens is 1. The third-order valence-electron chi connectivity index (χ3n) is 4.72. The number of methoxy groups -OCH3 is 1. The molecule has 0 aliphatic rings. The molecular formula is C22H25ClN4OS. The molecule has 0 aliphatic heterocycles. The van der Waals surface area contributed by atoms with E-state index in [1.165, 1.54) is 11.1 Å². The molecule has 1 N–H and O–H groups in total. The normalized spacial score (nSPS) is 10.6. The molecule has 0 bridgehead atoms. The van der Waals surface area contributed by atoms with Crippen LogP contribution in [0.1, 0.15) is 17.5 Å². The number of benzene rings is 2. The third kappa shape index (κ3) is 5.95. The van der Waals surface area contributed by atoms with Crippen molar-refractivity contribution >= 4 is 34.6 Å². The van der Waals surface area contributed by atoms with Gasteiger partial charge in [-0.1, -0.05) is 35.9 Å². The number of ether oxygens (including phenoxy) is 1. The van der Waals surface area contributed by atoms with E-state index in [2.05, 4.69) is 51.0 Å². The smallest absolute Gasteiger partial charge is 0.173 e. The lowest BCUT2D eigenvalue weighted by atomic mass is 10.1. The first kappa shape index (κ1) is 21.1. The second-order valence-corrected chi connectivity index (χ2v) is 7.58. The second-order valence-electron chi connectivity index (χ2n) is 6.78. The summed E-state index contributed by atoms with van der Waals surface area (Å²) in [5.41, 5.74) is 3.35. The van der Waals surface area contributed by atoms with Crippen LogP contribution in [0.15, 0.2) is 61.2 Å². The highest BCUT2D eigenvalue weighted by Gasteiger charge is 2.13. The van der Waals surface area contributed by atoms with Crippen LogP contribution in [0.25, 0.3) is 0 Å². The van der Waals surface area contributed by atoms with Crippen LogP contribution in [0, 0.1) is 6.92 Å². The Morgan fingerprint density at radius 1 is 1.28 bits per heavy atom. The Kier molecular flexibility index (Phi) is 7.49. The molecule has 0 saturated carbocycles. The quantitative estimate of drug-likeness (QED) is 0.503. The first-order chi connectivity index (χ1) is 14.1. The van der Waals surface area contributed by atoms with Gasteiger partial charge >= 0.3 is 0 Å². The summed E-state index contributed by atoms with van der Waals surface area (Å²) in [6.07, 6.45) is 6.56. The van der Waals surface area contributed by atoms with Crippen LogP contribution in [0.4, 0.5) is 5.69 Å². The fourth-order valence-electron chi connectivity index (χ4n) is 3.06. The van der Waals surface area contributed by atoms with Gasteiger partial charge in [-0.25, -0.2) is 4.98 Å². The minimum Gasteiger partial charge on any atom is -0.495 e. The summed E-state index contributed by atoms with van der Waals surface area (Å²) < 4.78 is 7.30. The zero-order valence-corrected chi connectivity index (χ0v) is 18.2. The number of aryl methyl sites for hydroxylation is 2. The minimum atomic E-state index is 0.547. The van der Waals surface area contributed by atoms with E-state index in [-0.39, 0.29) is 0 Å². The number of nitrogens with zero attached hydrogens (tertiary/aromatic N) is 3. The first-order valence-electron chi connectivity index (χ1n) is 9.46. The lowest BCUT2D eigenvalue weighted by Gasteiger charge is -2.27. The van der Waals surface area contributed by atoms with Crippen LogP contribution >= 0.6 is 23.8 Å². The number of hydrogen-bond acceptors (Lipinski definition) is 3. The van der Waals surface area contributed by atoms with Crippen molar-refractivity contribution in [2.75, 3.05) is 19.0 Å². The fraction of sp³-hybridized carbons (Fsp3) is 0.273. The van der Waals surface area contributed by atoms with E-state index in [0.29, 0.717) is 15.9 Å². The van der Waals surface area contributed by atoms with Crippen LogP contribution < -0.4 is 10.1 Å². The molecule has 3 rings (SSSR count). The fourth-order valence-corrected chi connectivity index (χ4v) is 3.59. The van der Waals surface area contributed by atoms with Gasteiger partial charge in [0.15, 0.2) is 5.11 Å². The minimum absolute atomic E-state index is 0.547. The molecule has 0 amide bonds. The van der Waals surface area contributed by atoms with Crippen molar-refractivity contribution in [1.82, 2.24) is 14.5 Å². The first-order valence-corrected chi connectivity index (χ1v) is 10.2. The van der Waals surface area contributed by atoms with Crippen molar-refractivity contribution in [2.45, 2.75) is 26.4 Å². The predicted molar refractivity (Wildman–Crippen MR) is 123 cm³/mol. The van der Waals surface area contributed by atoms with Gasteiger partial charge in [0.05, 0.1) is 18.5 Å². The van der Waals surface area contributed by atoms with Crippen LogP contribution in [0.5, 0.6) is 5.75 Å². The Balaban J connectivity index is 1.70. The topological polar surface area (TPSA) is 42.3 Å². The van der Waals surface area contributed by atoms with Crippen molar-refractivity contribution in [2.24, 2.45) is 0 Å². The second kappa shape index (κ2) is 10.3. The Labute approximate surface area is 182 Å². The van der Waals surface area contributed by atoms with E-state index in [4.69, 9.17) is 28.6 Å². The molecule has 152 valence electrons. The van der Waals surface area contributed by atoms with Gasteiger partial charge in [-0.15, -0.1) is 0 Å². The maximum Gasteiger partial charge on any atom is 0.173 e. The summed E-state index contributed by atoms with van der Waals surface area (Å²) >= 11 is 12.0. The highest BCUT2D eigenvalue weighted by Crippen LogP contribution is 2.27. The number of thiocarbonyl (C=S) groups is 1. The summed E-state index contributed by atoms with van der Waals surface area (Å²) in [5, 5.41) is 4.53. The average molecular weight is 429 g/mol. The Morgan fingerprint density at radius 2 is 2.10 bits per heavy atom.